The molecule has 0 bridgehead atoms. The second-order valence-electron chi connectivity index (χ2n) is 5.44. The number of nitrogens with two attached hydrogens (primary N) is 1. The third-order valence-electron chi connectivity index (χ3n) is 3.21. The first-order valence-corrected chi connectivity index (χ1v) is 5.45. The normalized spacial score (nSPS) is 21.1. The maximum Gasteiger partial charge on any atom is 0.105 e. The van der Waals surface area contributed by atoms with Crippen molar-refractivity contribution in [2.45, 2.75) is 33.6 Å². The van der Waals surface area contributed by atoms with E-state index in [0.717, 1.165) is 19.0 Å². The van der Waals surface area contributed by atoms with Crippen LogP contribution in [0.25, 0.3) is 0 Å². The molecule has 1 fully saturated rings. The van der Waals surface area contributed by atoms with Crippen LogP contribution in [0.15, 0.2) is 0 Å². The van der Waals surface area contributed by atoms with E-state index in [4.69, 9.17) is 11.1 Å². The minimum atomic E-state index is 0.291. The standard InChI is InChI=1S/C11H23N3/c1-11(2,3)9-4-6-14(7-5-9)8-10(12)13/h9H,4-8H2,1-3H3,(H3,12,13). The molecule has 0 aromatic rings. The lowest BCUT2D eigenvalue weighted by Gasteiger charge is -2.38. The molecule has 82 valence electrons. The van der Waals surface area contributed by atoms with Crippen LogP contribution in [-0.4, -0.2) is 30.4 Å². The number of nitrogens with one attached hydrogen (secondary N) is 1. The zero-order chi connectivity index (χ0) is 10.8. The van der Waals surface area contributed by atoms with Gasteiger partial charge in [-0.05, 0) is 37.3 Å². The average molecular weight is 197 g/mol. The number of hydrogen-bond donors (Lipinski definition) is 2. The van der Waals surface area contributed by atoms with Gasteiger partial charge in [0.2, 0.25) is 0 Å². The van der Waals surface area contributed by atoms with Crippen molar-refractivity contribution in [2.75, 3.05) is 19.6 Å². The van der Waals surface area contributed by atoms with Gasteiger partial charge in [-0.25, -0.2) is 0 Å². The van der Waals surface area contributed by atoms with Crippen LogP contribution in [0, 0.1) is 16.7 Å². The molecule has 3 N–H and O–H groups in total. The number of nitrogens with zero attached hydrogens (tertiary/aromatic N) is 1. The lowest BCUT2D eigenvalue weighted by Crippen LogP contribution is -2.41. The molecule has 0 atom stereocenters. The van der Waals surface area contributed by atoms with Crippen molar-refractivity contribution < 1.29 is 0 Å². The first kappa shape index (κ1) is 11.5. The molecule has 3 nitrogen and oxygen atoms in total. The largest absolute Gasteiger partial charge is 0.387 e. The van der Waals surface area contributed by atoms with Crippen molar-refractivity contribution in [3.05, 3.63) is 0 Å². The van der Waals surface area contributed by atoms with Gasteiger partial charge in [-0.1, -0.05) is 20.8 Å². The van der Waals surface area contributed by atoms with E-state index in [1.165, 1.54) is 12.8 Å². The fraction of sp³-hybridized carbons (Fsp3) is 0.909. The summed E-state index contributed by atoms with van der Waals surface area (Å²) in [7, 11) is 0. The second-order valence-corrected chi connectivity index (χ2v) is 5.44. The highest BCUT2D eigenvalue weighted by Gasteiger charge is 2.28. The summed E-state index contributed by atoms with van der Waals surface area (Å²) in [4.78, 5) is 2.28. The van der Waals surface area contributed by atoms with Crippen LogP contribution in [-0.2, 0) is 0 Å². The van der Waals surface area contributed by atoms with Gasteiger partial charge in [-0.15, -0.1) is 0 Å². The van der Waals surface area contributed by atoms with Crippen molar-refractivity contribution >= 4 is 5.84 Å². The number of piperidine rings is 1. The summed E-state index contributed by atoms with van der Waals surface area (Å²) in [6, 6.07) is 0. The Morgan fingerprint density at radius 3 is 2.21 bits per heavy atom. The van der Waals surface area contributed by atoms with Crippen molar-refractivity contribution in [3.63, 3.8) is 0 Å². The van der Waals surface area contributed by atoms with Gasteiger partial charge in [-0.2, -0.15) is 0 Å². The van der Waals surface area contributed by atoms with Crippen LogP contribution >= 0.6 is 0 Å². The maximum absolute atomic E-state index is 7.24. The van der Waals surface area contributed by atoms with Crippen molar-refractivity contribution in [1.29, 1.82) is 5.41 Å². The Balaban J connectivity index is 2.35. The third-order valence-corrected chi connectivity index (χ3v) is 3.21. The Morgan fingerprint density at radius 2 is 1.86 bits per heavy atom. The molecule has 0 saturated carbocycles. The Morgan fingerprint density at radius 1 is 1.36 bits per heavy atom. The Bertz CT molecular complexity index is 197. The minimum Gasteiger partial charge on any atom is -0.387 e. The number of likely N-dealkylation sites (tertiary alicyclic amines) is 1. The number of hydrogen-bond acceptors (Lipinski definition) is 2. The predicted molar refractivity (Wildman–Crippen MR) is 60.5 cm³/mol. The third kappa shape index (κ3) is 3.29. The molecule has 0 amide bonds. The summed E-state index contributed by atoms with van der Waals surface area (Å²) in [5.41, 5.74) is 5.82. The van der Waals surface area contributed by atoms with E-state index >= 15 is 0 Å². The van der Waals surface area contributed by atoms with E-state index in [9.17, 15) is 0 Å². The SMILES string of the molecule is CC(C)(C)C1CCN(CC(=N)N)CC1. The smallest absolute Gasteiger partial charge is 0.105 e. The molecular formula is C11H23N3. The van der Waals surface area contributed by atoms with Crippen LogP contribution in [0.4, 0.5) is 0 Å². The molecule has 1 rings (SSSR count). The second kappa shape index (κ2) is 4.30. The summed E-state index contributed by atoms with van der Waals surface area (Å²) in [6.07, 6.45) is 2.49. The fourth-order valence-electron chi connectivity index (χ4n) is 2.20. The quantitative estimate of drug-likeness (QED) is 0.523. The van der Waals surface area contributed by atoms with Gasteiger partial charge < -0.3 is 5.73 Å². The molecular weight excluding hydrogens is 174 g/mol. The van der Waals surface area contributed by atoms with E-state index < -0.39 is 0 Å². The van der Waals surface area contributed by atoms with Gasteiger partial charge in [0.1, 0.15) is 5.84 Å². The van der Waals surface area contributed by atoms with Gasteiger partial charge >= 0.3 is 0 Å². The molecule has 1 saturated heterocycles. The summed E-state index contributed by atoms with van der Waals surface area (Å²) >= 11 is 0. The van der Waals surface area contributed by atoms with Gasteiger partial charge in [0, 0.05) is 0 Å². The molecule has 0 aromatic carbocycles. The van der Waals surface area contributed by atoms with Crippen LogP contribution < -0.4 is 5.73 Å². The first-order chi connectivity index (χ1) is 6.39. The Hall–Kier alpha value is -0.570. The van der Waals surface area contributed by atoms with Gasteiger partial charge in [0.15, 0.2) is 0 Å². The lowest BCUT2D eigenvalue weighted by atomic mass is 9.75. The van der Waals surface area contributed by atoms with Gasteiger partial charge in [0.05, 0.1) is 6.54 Å². The molecule has 1 heterocycles. The Labute approximate surface area is 87.2 Å². The predicted octanol–water partition coefficient (Wildman–Crippen LogP) is 1.68. The van der Waals surface area contributed by atoms with Crippen LogP contribution in [0.5, 0.6) is 0 Å². The van der Waals surface area contributed by atoms with E-state index in [1.54, 1.807) is 0 Å². The topological polar surface area (TPSA) is 53.1 Å². The molecule has 0 spiro atoms. The first-order valence-electron chi connectivity index (χ1n) is 5.45. The molecule has 0 radical (unpaired) electrons. The number of rotatable bonds is 2. The molecule has 0 aromatic heterocycles. The van der Waals surface area contributed by atoms with E-state index in [2.05, 4.69) is 25.7 Å². The van der Waals surface area contributed by atoms with Crippen molar-refractivity contribution in [2.24, 2.45) is 17.1 Å². The molecule has 0 unspecified atom stereocenters. The van der Waals surface area contributed by atoms with Crippen LogP contribution in [0.1, 0.15) is 33.6 Å². The van der Waals surface area contributed by atoms with Gasteiger partial charge in [0.25, 0.3) is 0 Å². The molecule has 14 heavy (non-hydrogen) atoms. The minimum absolute atomic E-state index is 0.291. The molecule has 3 heteroatoms. The van der Waals surface area contributed by atoms with E-state index in [-0.39, 0.29) is 0 Å². The highest BCUT2D eigenvalue weighted by atomic mass is 15.1. The van der Waals surface area contributed by atoms with Gasteiger partial charge in [-0.3, -0.25) is 10.3 Å². The van der Waals surface area contributed by atoms with Crippen molar-refractivity contribution in [3.8, 4) is 0 Å². The summed E-state index contributed by atoms with van der Waals surface area (Å²) < 4.78 is 0. The molecule has 0 aliphatic carbocycles. The summed E-state index contributed by atoms with van der Waals surface area (Å²) in [5, 5.41) is 7.24. The average Bonchev–Trinajstić information content (AvgIpc) is 2.02. The zero-order valence-corrected chi connectivity index (χ0v) is 9.64. The van der Waals surface area contributed by atoms with Crippen molar-refractivity contribution in [1.82, 2.24) is 4.90 Å². The molecule has 1 aliphatic heterocycles. The lowest BCUT2D eigenvalue weighted by molar-refractivity contribution is 0.122. The zero-order valence-electron chi connectivity index (χ0n) is 9.64. The summed E-state index contributed by atoms with van der Waals surface area (Å²) in [5.74, 6) is 1.12. The molecule has 1 aliphatic rings. The highest BCUT2D eigenvalue weighted by Crippen LogP contribution is 2.33. The fourth-order valence-corrected chi connectivity index (χ4v) is 2.20. The van der Waals surface area contributed by atoms with E-state index in [1.807, 2.05) is 0 Å². The highest BCUT2D eigenvalue weighted by molar-refractivity contribution is 5.78. The Kier molecular flexibility index (Phi) is 3.53. The maximum atomic E-state index is 7.24. The van der Waals surface area contributed by atoms with Crippen LogP contribution in [0.2, 0.25) is 0 Å². The van der Waals surface area contributed by atoms with Crippen LogP contribution in [0.3, 0.4) is 0 Å². The number of amidine groups is 1. The summed E-state index contributed by atoms with van der Waals surface area (Å²) in [6.45, 7) is 9.80. The van der Waals surface area contributed by atoms with E-state index in [0.29, 0.717) is 17.8 Å². The monoisotopic (exact) mass is 197 g/mol.